The van der Waals surface area contributed by atoms with Gasteiger partial charge in [-0.3, -0.25) is 9.69 Å². The smallest absolute Gasteiger partial charge is 0.227 e. The van der Waals surface area contributed by atoms with Gasteiger partial charge in [0.25, 0.3) is 0 Å². The van der Waals surface area contributed by atoms with Crippen molar-refractivity contribution < 1.29 is 18.0 Å². The average molecular weight is 348 g/mol. The molecule has 1 aliphatic heterocycles. The van der Waals surface area contributed by atoms with Crippen LogP contribution in [0.3, 0.4) is 0 Å². The first-order valence-corrected chi connectivity index (χ1v) is 8.24. The van der Waals surface area contributed by atoms with Gasteiger partial charge in [-0.1, -0.05) is 18.2 Å². The molecule has 1 aliphatic rings. The zero-order valence-corrected chi connectivity index (χ0v) is 13.6. The van der Waals surface area contributed by atoms with Crippen molar-refractivity contribution in [2.75, 3.05) is 18.4 Å². The topological polar surface area (TPSA) is 32.3 Å². The third-order valence-electron chi connectivity index (χ3n) is 4.50. The molecule has 1 heterocycles. The second-order valence-corrected chi connectivity index (χ2v) is 6.26. The van der Waals surface area contributed by atoms with E-state index >= 15 is 0 Å². The molecule has 1 N–H and O–H groups in total. The van der Waals surface area contributed by atoms with E-state index in [2.05, 4.69) is 10.2 Å². The lowest BCUT2D eigenvalue weighted by atomic mass is 9.95. The quantitative estimate of drug-likeness (QED) is 0.907. The lowest BCUT2D eigenvalue weighted by Crippen LogP contribution is -2.37. The zero-order chi connectivity index (χ0) is 17.8. The number of halogens is 3. The largest absolute Gasteiger partial charge is 0.326 e. The van der Waals surface area contributed by atoms with Crippen LogP contribution >= 0.6 is 0 Å². The normalized spacial score (nSPS) is 16.0. The number of likely N-dealkylation sites (tertiary alicyclic amines) is 1. The Hall–Kier alpha value is -2.34. The van der Waals surface area contributed by atoms with Crippen LogP contribution in [0.2, 0.25) is 0 Å². The molecule has 0 saturated carbocycles. The van der Waals surface area contributed by atoms with E-state index < -0.39 is 11.6 Å². The van der Waals surface area contributed by atoms with Crippen LogP contribution in [0.5, 0.6) is 0 Å². The predicted molar refractivity (Wildman–Crippen MR) is 89.4 cm³/mol. The van der Waals surface area contributed by atoms with Crippen molar-refractivity contribution in [3.05, 3.63) is 65.5 Å². The lowest BCUT2D eigenvalue weighted by molar-refractivity contribution is -0.121. The standard InChI is InChI=1S/C19H19F3N2O/c20-16-4-2-1-3-14(16)12-24-9-7-13(8-10-24)19(25)23-15-5-6-17(21)18(22)11-15/h1-6,11,13H,7-10,12H2,(H,23,25). The van der Waals surface area contributed by atoms with Gasteiger partial charge in [-0.05, 0) is 44.1 Å². The van der Waals surface area contributed by atoms with Gasteiger partial charge in [-0.15, -0.1) is 0 Å². The van der Waals surface area contributed by atoms with Crippen LogP contribution in [0.25, 0.3) is 0 Å². The SMILES string of the molecule is O=C(Nc1ccc(F)c(F)c1)C1CCN(Cc2ccccc2F)CC1. The summed E-state index contributed by atoms with van der Waals surface area (Å²) >= 11 is 0. The van der Waals surface area contributed by atoms with Crippen molar-refractivity contribution in [2.45, 2.75) is 19.4 Å². The summed E-state index contributed by atoms with van der Waals surface area (Å²) in [5, 5.41) is 2.63. The highest BCUT2D eigenvalue weighted by molar-refractivity contribution is 5.92. The first kappa shape index (κ1) is 17.5. The number of piperidine rings is 1. The minimum atomic E-state index is -0.988. The highest BCUT2D eigenvalue weighted by Gasteiger charge is 2.25. The van der Waals surface area contributed by atoms with Crippen molar-refractivity contribution >= 4 is 11.6 Å². The number of hydrogen-bond donors (Lipinski definition) is 1. The van der Waals surface area contributed by atoms with Crippen molar-refractivity contribution in [3.63, 3.8) is 0 Å². The third-order valence-corrected chi connectivity index (χ3v) is 4.50. The maximum absolute atomic E-state index is 13.7. The van der Waals surface area contributed by atoms with E-state index in [-0.39, 0.29) is 23.3 Å². The second kappa shape index (κ2) is 7.70. The molecular weight excluding hydrogens is 329 g/mol. The summed E-state index contributed by atoms with van der Waals surface area (Å²) < 4.78 is 39.8. The van der Waals surface area contributed by atoms with Gasteiger partial charge in [-0.25, -0.2) is 13.2 Å². The van der Waals surface area contributed by atoms with Crippen LogP contribution in [-0.2, 0) is 11.3 Å². The molecule has 0 unspecified atom stereocenters. The van der Waals surface area contributed by atoms with Crippen molar-refractivity contribution in [3.8, 4) is 0 Å². The molecule has 1 amide bonds. The highest BCUT2D eigenvalue weighted by Crippen LogP contribution is 2.22. The van der Waals surface area contributed by atoms with Gasteiger partial charge in [0.1, 0.15) is 5.82 Å². The van der Waals surface area contributed by atoms with E-state index in [1.54, 1.807) is 18.2 Å². The fourth-order valence-electron chi connectivity index (χ4n) is 3.04. The fourth-order valence-corrected chi connectivity index (χ4v) is 3.04. The Morgan fingerprint density at radius 2 is 1.72 bits per heavy atom. The number of carbonyl (C=O) groups is 1. The van der Waals surface area contributed by atoms with Crippen molar-refractivity contribution in [1.29, 1.82) is 0 Å². The minimum Gasteiger partial charge on any atom is -0.326 e. The van der Waals surface area contributed by atoms with E-state index in [1.165, 1.54) is 12.1 Å². The fraction of sp³-hybridized carbons (Fsp3) is 0.316. The van der Waals surface area contributed by atoms with Gasteiger partial charge in [0.05, 0.1) is 0 Å². The second-order valence-electron chi connectivity index (χ2n) is 6.26. The molecule has 6 heteroatoms. The number of carbonyl (C=O) groups excluding carboxylic acids is 1. The van der Waals surface area contributed by atoms with Crippen LogP contribution in [0, 0.1) is 23.4 Å². The van der Waals surface area contributed by atoms with Gasteiger partial charge in [0, 0.05) is 29.8 Å². The molecular formula is C19H19F3N2O. The van der Waals surface area contributed by atoms with Crippen LogP contribution < -0.4 is 5.32 Å². The number of rotatable bonds is 4. The summed E-state index contributed by atoms with van der Waals surface area (Å²) in [4.78, 5) is 14.4. The molecule has 0 spiro atoms. The first-order valence-electron chi connectivity index (χ1n) is 8.24. The summed E-state index contributed by atoms with van der Waals surface area (Å²) in [6.45, 7) is 1.89. The van der Waals surface area contributed by atoms with Crippen LogP contribution in [0.1, 0.15) is 18.4 Å². The molecule has 0 bridgehead atoms. The highest BCUT2D eigenvalue weighted by atomic mass is 19.2. The van der Waals surface area contributed by atoms with E-state index in [0.717, 1.165) is 12.1 Å². The Morgan fingerprint density at radius 3 is 2.40 bits per heavy atom. The maximum atomic E-state index is 13.7. The monoisotopic (exact) mass is 348 g/mol. The van der Waals surface area contributed by atoms with Crippen LogP contribution in [0.15, 0.2) is 42.5 Å². The Balaban J connectivity index is 1.52. The van der Waals surface area contributed by atoms with E-state index in [4.69, 9.17) is 0 Å². The summed E-state index contributed by atoms with van der Waals surface area (Å²) in [6.07, 6.45) is 1.29. The summed E-state index contributed by atoms with van der Waals surface area (Å²) in [5.74, 6) is -2.54. The number of nitrogens with one attached hydrogen (secondary N) is 1. The molecule has 0 aromatic heterocycles. The molecule has 1 saturated heterocycles. The molecule has 1 fully saturated rings. The minimum absolute atomic E-state index is 0.190. The van der Waals surface area contributed by atoms with E-state index in [1.807, 2.05) is 0 Å². The molecule has 2 aromatic rings. The average Bonchev–Trinajstić information content (AvgIpc) is 2.61. The summed E-state index contributed by atoms with van der Waals surface area (Å²) in [6, 6.07) is 9.97. The zero-order valence-electron chi connectivity index (χ0n) is 13.6. The Labute approximate surface area is 144 Å². The number of hydrogen-bond acceptors (Lipinski definition) is 2. The molecule has 132 valence electrons. The molecule has 25 heavy (non-hydrogen) atoms. The molecule has 3 rings (SSSR count). The van der Waals surface area contributed by atoms with Gasteiger partial charge < -0.3 is 5.32 Å². The molecule has 0 radical (unpaired) electrons. The summed E-state index contributed by atoms with van der Waals surface area (Å²) in [7, 11) is 0. The van der Waals surface area contributed by atoms with Gasteiger partial charge >= 0.3 is 0 Å². The molecule has 0 aliphatic carbocycles. The first-order chi connectivity index (χ1) is 12.0. The van der Waals surface area contributed by atoms with E-state index in [9.17, 15) is 18.0 Å². The maximum Gasteiger partial charge on any atom is 0.227 e. The number of amides is 1. The molecule has 0 atom stereocenters. The van der Waals surface area contributed by atoms with Crippen molar-refractivity contribution in [1.82, 2.24) is 4.90 Å². The predicted octanol–water partition coefficient (Wildman–Crippen LogP) is 3.95. The molecule has 2 aromatic carbocycles. The number of anilines is 1. The number of nitrogens with zero attached hydrogens (tertiary/aromatic N) is 1. The lowest BCUT2D eigenvalue weighted by Gasteiger charge is -2.31. The molecule has 3 nitrogen and oxygen atoms in total. The Bertz CT molecular complexity index is 758. The van der Waals surface area contributed by atoms with Gasteiger partial charge in [0.2, 0.25) is 5.91 Å². The van der Waals surface area contributed by atoms with E-state index in [0.29, 0.717) is 38.0 Å². The third kappa shape index (κ3) is 4.39. The van der Waals surface area contributed by atoms with Gasteiger partial charge in [0.15, 0.2) is 11.6 Å². The summed E-state index contributed by atoms with van der Waals surface area (Å²) in [5.41, 5.74) is 0.893. The van der Waals surface area contributed by atoms with Crippen LogP contribution in [-0.4, -0.2) is 23.9 Å². The Kier molecular flexibility index (Phi) is 5.38. The van der Waals surface area contributed by atoms with Crippen molar-refractivity contribution in [2.24, 2.45) is 5.92 Å². The van der Waals surface area contributed by atoms with Gasteiger partial charge in [-0.2, -0.15) is 0 Å². The number of benzene rings is 2. The Morgan fingerprint density at radius 1 is 1.00 bits per heavy atom. The van der Waals surface area contributed by atoms with Crippen LogP contribution in [0.4, 0.5) is 18.9 Å².